The molecule has 2 aromatic rings. The molecule has 68 valence electrons. The molecule has 0 saturated carbocycles. The van der Waals surface area contributed by atoms with E-state index in [0.717, 1.165) is 12.2 Å². The van der Waals surface area contributed by atoms with Gasteiger partial charge in [-0.05, 0) is 6.92 Å². The molecular formula is C8H10N4O. The first kappa shape index (κ1) is 7.85. The second kappa shape index (κ2) is 2.93. The van der Waals surface area contributed by atoms with Crippen molar-refractivity contribution in [3.63, 3.8) is 0 Å². The average molecular weight is 178 g/mol. The fraction of sp³-hybridized carbons (Fsp3) is 0.250. The zero-order valence-corrected chi connectivity index (χ0v) is 7.27. The molecule has 0 spiro atoms. The quantitative estimate of drug-likeness (QED) is 0.748. The van der Waals surface area contributed by atoms with E-state index in [0.29, 0.717) is 11.4 Å². The Morgan fingerprint density at radius 1 is 1.54 bits per heavy atom. The number of hydrogen-bond acceptors (Lipinski definition) is 4. The zero-order valence-electron chi connectivity index (χ0n) is 7.27. The van der Waals surface area contributed by atoms with Crippen LogP contribution in [0, 0.1) is 0 Å². The van der Waals surface area contributed by atoms with E-state index >= 15 is 0 Å². The first-order chi connectivity index (χ1) is 6.33. The normalized spacial score (nSPS) is 10.5. The number of anilines is 1. The summed E-state index contributed by atoms with van der Waals surface area (Å²) in [5.41, 5.74) is 7.05. The molecule has 5 nitrogen and oxygen atoms in total. The van der Waals surface area contributed by atoms with Crippen molar-refractivity contribution < 1.29 is 4.52 Å². The van der Waals surface area contributed by atoms with E-state index in [4.69, 9.17) is 10.3 Å². The summed E-state index contributed by atoms with van der Waals surface area (Å²) < 4.78 is 6.96. The molecule has 0 aliphatic rings. The average Bonchev–Trinajstić information content (AvgIpc) is 2.71. The molecule has 0 aromatic carbocycles. The second-order valence-electron chi connectivity index (χ2n) is 2.68. The third-order valence-electron chi connectivity index (χ3n) is 1.88. The Bertz CT molecular complexity index is 404. The molecule has 0 aliphatic carbocycles. The predicted molar refractivity (Wildman–Crippen MR) is 47.8 cm³/mol. The van der Waals surface area contributed by atoms with Crippen LogP contribution in [0.5, 0.6) is 0 Å². The number of nitrogen functional groups attached to an aromatic ring is 1. The summed E-state index contributed by atoms with van der Waals surface area (Å²) in [6.45, 7) is 2.85. The van der Waals surface area contributed by atoms with Crippen LogP contribution in [0.3, 0.4) is 0 Å². The number of nitrogens with two attached hydrogens (primary N) is 1. The molecule has 0 saturated heterocycles. The van der Waals surface area contributed by atoms with E-state index in [1.54, 1.807) is 12.5 Å². The van der Waals surface area contributed by atoms with E-state index in [9.17, 15) is 0 Å². The van der Waals surface area contributed by atoms with Gasteiger partial charge in [0.05, 0.1) is 18.7 Å². The van der Waals surface area contributed by atoms with Crippen molar-refractivity contribution in [3.8, 4) is 11.5 Å². The van der Waals surface area contributed by atoms with Crippen LogP contribution in [-0.4, -0.2) is 14.7 Å². The number of imidazole rings is 1. The van der Waals surface area contributed by atoms with Gasteiger partial charge in [-0.3, -0.25) is 0 Å². The summed E-state index contributed by atoms with van der Waals surface area (Å²) >= 11 is 0. The molecule has 2 N–H and O–H groups in total. The van der Waals surface area contributed by atoms with Crippen LogP contribution in [0.15, 0.2) is 23.2 Å². The van der Waals surface area contributed by atoms with Crippen molar-refractivity contribution in [2.75, 3.05) is 5.73 Å². The van der Waals surface area contributed by atoms with Gasteiger partial charge in [-0.25, -0.2) is 4.98 Å². The van der Waals surface area contributed by atoms with Gasteiger partial charge < -0.3 is 14.8 Å². The molecule has 2 rings (SSSR count). The van der Waals surface area contributed by atoms with E-state index in [1.165, 1.54) is 6.20 Å². The van der Waals surface area contributed by atoms with Crippen LogP contribution in [0.4, 0.5) is 5.69 Å². The predicted octanol–water partition coefficient (Wildman–Crippen LogP) is 1.14. The summed E-state index contributed by atoms with van der Waals surface area (Å²) in [4.78, 5) is 4.01. The van der Waals surface area contributed by atoms with Crippen molar-refractivity contribution in [2.45, 2.75) is 13.5 Å². The molecule has 2 aromatic heterocycles. The summed E-state index contributed by atoms with van der Waals surface area (Å²) in [5.74, 6) is 0.583. The lowest BCUT2D eigenvalue weighted by Gasteiger charge is -2.00. The number of hydrogen-bond donors (Lipinski definition) is 1. The molecule has 5 heteroatoms. The minimum Gasteiger partial charge on any atom is -0.394 e. The van der Waals surface area contributed by atoms with Gasteiger partial charge in [0.2, 0.25) is 5.76 Å². The van der Waals surface area contributed by atoms with E-state index in [-0.39, 0.29) is 0 Å². The van der Waals surface area contributed by atoms with Gasteiger partial charge >= 0.3 is 0 Å². The minimum atomic E-state index is 0.537. The van der Waals surface area contributed by atoms with Gasteiger partial charge in [-0.1, -0.05) is 5.16 Å². The van der Waals surface area contributed by atoms with Gasteiger partial charge in [0.1, 0.15) is 11.4 Å². The van der Waals surface area contributed by atoms with E-state index in [2.05, 4.69) is 10.1 Å². The van der Waals surface area contributed by atoms with Gasteiger partial charge in [0.25, 0.3) is 0 Å². The number of rotatable bonds is 2. The van der Waals surface area contributed by atoms with Crippen LogP contribution < -0.4 is 5.73 Å². The van der Waals surface area contributed by atoms with Crippen molar-refractivity contribution in [2.24, 2.45) is 0 Å². The summed E-state index contributed by atoms with van der Waals surface area (Å²) in [7, 11) is 0. The maximum atomic E-state index is 5.66. The molecule has 2 heterocycles. The standard InChI is InChI=1S/C8H10N4O/c1-2-12-5-10-4-7(12)8-6(9)3-11-13-8/h3-5H,2,9H2,1H3. The Kier molecular flexibility index (Phi) is 1.77. The summed E-state index contributed by atoms with van der Waals surface area (Å²) in [5, 5.41) is 3.61. The third kappa shape index (κ3) is 1.18. The van der Waals surface area contributed by atoms with E-state index in [1.807, 2.05) is 11.5 Å². The van der Waals surface area contributed by atoms with Crippen LogP contribution >= 0.6 is 0 Å². The highest BCUT2D eigenvalue weighted by molar-refractivity contribution is 5.66. The monoisotopic (exact) mass is 178 g/mol. The second-order valence-corrected chi connectivity index (χ2v) is 2.68. The molecule has 0 fully saturated rings. The van der Waals surface area contributed by atoms with Gasteiger partial charge in [0.15, 0.2) is 0 Å². The Morgan fingerprint density at radius 3 is 3.00 bits per heavy atom. The molecule has 0 amide bonds. The molecular weight excluding hydrogens is 168 g/mol. The lowest BCUT2D eigenvalue weighted by Crippen LogP contribution is -1.95. The molecule has 0 aliphatic heterocycles. The SMILES string of the molecule is CCn1cncc1-c1oncc1N. The van der Waals surface area contributed by atoms with Gasteiger partial charge in [0, 0.05) is 6.54 Å². The van der Waals surface area contributed by atoms with Crippen molar-refractivity contribution in [1.29, 1.82) is 0 Å². The number of nitrogens with zero attached hydrogens (tertiary/aromatic N) is 3. The topological polar surface area (TPSA) is 69.9 Å². The molecule has 0 unspecified atom stereocenters. The van der Waals surface area contributed by atoms with Crippen LogP contribution in [0.1, 0.15) is 6.92 Å². The third-order valence-corrected chi connectivity index (χ3v) is 1.88. The maximum Gasteiger partial charge on any atom is 0.207 e. The summed E-state index contributed by atoms with van der Waals surface area (Å²) in [6.07, 6.45) is 4.93. The Morgan fingerprint density at radius 2 is 2.38 bits per heavy atom. The smallest absolute Gasteiger partial charge is 0.207 e. The molecule has 0 radical (unpaired) electrons. The van der Waals surface area contributed by atoms with Gasteiger partial charge in [-0.15, -0.1) is 0 Å². The fourth-order valence-electron chi connectivity index (χ4n) is 1.20. The van der Waals surface area contributed by atoms with E-state index < -0.39 is 0 Å². The first-order valence-corrected chi connectivity index (χ1v) is 4.03. The highest BCUT2D eigenvalue weighted by Gasteiger charge is 2.11. The van der Waals surface area contributed by atoms with Crippen LogP contribution in [0.2, 0.25) is 0 Å². The molecule has 0 bridgehead atoms. The highest BCUT2D eigenvalue weighted by Crippen LogP contribution is 2.24. The van der Waals surface area contributed by atoms with Crippen molar-refractivity contribution in [1.82, 2.24) is 14.7 Å². The minimum absolute atomic E-state index is 0.537. The lowest BCUT2D eigenvalue weighted by atomic mass is 10.3. The Labute approximate surface area is 75.2 Å². The lowest BCUT2D eigenvalue weighted by molar-refractivity contribution is 0.429. The van der Waals surface area contributed by atoms with Crippen LogP contribution in [-0.2, 0) is 6.54 Å². The largest absolute Gasteiger partial charge is 0.394 e. The Hall–Kier alpha value is -1.78. The molecule has 13 heavy (non-hydrogen) atoms. The highest BCUT2D eigenvalue weighted by atomic mass is 16.5. The summed E-state index contributed by atoms with van der Waals surface area (Å²) in [6, 6.07) is 0. The van der Waals surface area contributed by atoms with Gasteiger partial charge in [-0.2, -0.15) is 0 Å². The van der Waals surface area contributed by atoms with Crippen molar-refractivity contribution in [3.05, 3.63) is 18.7 Å². The number of aryl methyl sites for hydroxylation is 1. The Balaban J connectivity index is 2.52. The number of aromatic nitrogens is 3. The zero-order chi connectivity index (χ0) is 9.26. The first-order valence-electron chi connectivity index (χ1n) is 4.03. The van der Waals surface area contributed by atoms with Crippen LogP contribution in [0.25, 0.3) is 11.5 Å². The molecule has 0 atom stereocenters. The fourth-order valence-corrected chi connectivity index (χ4v) is 1.20. The van der Waals surface area contributed by atoms with Crippen molar-refractivity contribution >= 4 is 5.69 Å². The maximum absolute atomic E-state index is 5.66.